The number of aryl methyl sites for hydroxylation is 1. The third kappa shape index (κ3) is 3.18. The SMILES string of the molecule is C=CCCCCn1c2ccccc2c2ccccc21.CC. The van der Waals surface area contributed by atoms with Gasteiger partial charge in [-0.1, -0.05) is 56.3 Å². The Morgan fingerprint density at radius 3 is 1.90 bits per heavy atom. The van der Waals surface area contributed by atoms with E-state index in [0.717, 1.165) is 13.0 Å². The molecule has 3 rings (SSSR count). The predicted molar refractivity (Wildman–Crippen MR) is 94.8 cm³/mol. The summed E-state index contributed by atoms with van der Waals surface area (Å²) in [6.45, 7) is 8.87. The van der Waals surface area contributed by atoms with E-state index < -0.39 is 0 Å². The van der Waals surface area contributed by atoms with Crippen molar-refractivity contribution in [1.29, 1.82) is 0 Å². The summed E-state index contributed by atoms with van der Waals surface area (Å²) in [6, 6.07) is 17.4. The number of fused-ring (bicyclic) bond motifs is 3. The van der Waals surface area contributed by atoms with Crippen LogP contribution in [0.15, 0.2) is 61.2 Å². The molecule has 1 nitrogen and oxygen atoms in total. The molecule has 1 aromatic heterocycles. The van der Waals surface area contributed by atoms with Crippen molar-refractivity contribution >= 4 is 21.8 Å². The summed E-state index contributed by atoms with van der Waals surface area (Å²) in [4.78, 5) is 0. The Kier molecular flexibility index (Phi) is 5.62. The number of hydrogen-bond acceptors (Lipinski definition) is 0. The summed E-state index contributed by atoms with van der Waals surface area (Å²) in [6.07, 6.45) is 5.53. The molecule has 0 N–H and O–H groups in total. The van der Waals surface area contributed by atoms with Crippen LogP contribution >= 0.6 is 0 Å². The zero-order chi connectivity index (χ0) is 15.1. The van der Waals surface area contributed by atoms with Crippen LogP contribution in [-0.4, -0.2) is 4.57 Å². The van der Waals surface area contributed by atoms with Crippen LogP contribution in [0.3, 0.4) is 0 Å². The first-order valence-corrected chi connectivity index (χ1v) is 7.98. The van der Waals surface area contributed by atoms with Crippen LogP contribution < -0.4 is 0 Å². The number of para-hydroxylation sites is 2. The van der Waals surface area contributed by atoms with Gasteiger partial charge in [0.2, 0.25) is 0 Å². The molecule has 0 fully saturated rings. The number of nitrogens with zero attached hydrogens (tertiary/aromatic N) is 1. The van der Waals surface area contributed by atoms with Crippen LogP contribution in [-0.2, 0) is 6.54 Å². The van der Waals surface area contributed by atoms with Crippen molar-refractivity contribution in [3.63, 3.8) is 0 Å². The number of allylic oxidation sites excluding steroid dienone is 1. The van der Waals surface area contributed by atoms with Gasteiger partial charge in [0.05, 0.1) is 0 Å². The maximum Gasteiger partial charge on any atom is 0.0491 e. The molecule has 0 aliphatic heterocycles. The molecular weight excluding hydrogens is 254 g/mol. The molecule has 2 aromatic carbocycles. The van der Waals surface area contributed by atoms with E-state index in [0.29, 0.717) is 0 Å². The van der Waals surface area contributed by atoms with Crippen LogP contribution in [0.4, 0.5) is 0 Å². The van der Waals surface area contributed by atoms with Gasteiger partial charge in [-0.05, 0) is 31.4 Å². The van der Waals surface area contributed by atoms with E-state index in [1.54, 1.807) is 0 Å². The highest BCUT2D eigenvalue weighted by atomic mass is 15.0. The van der Waals surface area contributed by atoms with E-state index in [1.807, 2.05) is 19.9 Å². The summed E-state index contributed by atoms with van der Waals surface area (Å²) in [5, 5.41) is 2.73. The molecule has 0 aliphatic carbocycles. The van der Waals surface area contributed by atoms with Crippen LogP contribution in [0.1, 0.15) is 33.1 Å². The molecule has 0 bridgehead atoms. The Morgan fingerprint density at radius 1 is 0.857 bits per heavy atom. The number of rotatable bonds is 5. The zero-order valence-corrected chi connectivity index (χ0v) is 13.2. The van der Waals surface area contributed by atoms with E-state index in [4.69, 9.17) is 0 Å². The van der Waals surface area contributed by atoms with Crippen LogP contribution in [0.25, 0.3) is 21.8 Å². The molecule has 1 heterocycles. The normalized spacial score (nSPS) is 10.4. The number of benzene rings is 2. The molecule has 0 spiro atoms. The van der Waals surface area contributed by atoms with Crippen molar-refractivity contribution in [2.24, 2.45) is 0 Å². The average Bonchev–Trinajstić information content (AvgIpc) is 2.88. The Balaban J connectivity index is 0.000000774. The van der Waals surface area contributed by atoms with Gasteiger partial charge in [0.1, 0.15) is 0 Å². The quantitative estimate of drug-likeness (QED) is 0.388. The molecule has 0 amide bonds. The minimum atomic E-state index is 1.09. The maximum absolute atomic E-state index is 3.79. The Morgan fingerprint density at radius 2 is 1.38 bits per heavy atom. The van der Waals surface area contributed by atoms with E-state index >= 15 is 0 Å². The summed E-state index contributed by atoms with van der Waals surface area (Å²) >= 11 is 0. The number of aromatic nitrogens is 1. The Labute approximate surface area is 127 Å². The summed E-state index contributed by atoms with van der Waals surface area (Å²) < 4.78 is 2.45. The van der Waals surface area contributed by atoms with Crippen molar-refractivity contribution in [2.75, 3.05) is 0 Å². The smallest absolute Gasteiger partial charge is 0.0491 e. The van der Waals surface area contributed by atoms with Crippen molar-refractivity contribution < 1.29 is 0 Å². The Hall–Kier alpha value is -2.02. The van der Waals surface area contributed by atoms with E-state index in [2.05, 4.69) is 59.7 Å². The van der Waals surface area contributed by atoms with Gasteiger partial charge in [-0.2, -0.15) is 0 Å². The highest BCUT2D eigenvalue weighted by Gasteiger charge is 2.08. The van der Waals surface area contributed by atoms with Gasteiger partial charge in [0.15, 0.2) is 0 Å². The first kappa shape index (κ1) is 15.4. The second kappa shape index (κ2) is 7.68. The third-order valence-electron chi connectivity index (χ3n) is 3.72. The van der Waals surface area contributed by atoms with Gasteiger partial charge in [0, 0.05) is 28.4 Å². The molecule has 110 valence electrons. The monoisotopic (exact) mass is 279 g/mol. The van der Waals surface area contributed by atoms with Gasteiger partial charge in [0.25, 0.3) is 0 Å². The number of hydrogen-bond donors (Lipinski definition) is 0. The minimum Gasteiger partial charge on any atom is -0.340 e. The fourth-order valence-corrected chi connectivity index (χ4v) is 2.80. The first-order chi connectivity index (χ1) is 10.4. The fraction of sp³-hybridized carbons (Fsp3) is 0.300. The highest BCUT2D eigenvalue weighted by Crippen LogP contribution is 2.28. The molecule has 21 heavy (non-hydrogen) atoms. The molecule has 0 unspecified atom stereocenters. The molecule has 0 atom stereocenters. The lowest BCUT2D eigenvalue weighted by Gasteiger charge is -2.06. The second-order valence-corrected chi connectivity index (χ2v) is 4.97. The molecule has 1 heteroatoms. The largest absolute Gasteiger partial charge is 0.340 e. The van der Waals surface area contributed by atoms with E-state index in [-0.39, 0.29) is 0 Å². The van der Waals surface area contributed by atoms with Gasteiger partial charge < -0.3 is 4.57 Å². The standard InChI is InChI=1S/C18H19N.C2H6/c1-2-3-4-9-14-19-17-12-7-5-10-15(17)16-11-6-8-13-18(16)19;1-2/h2,5-8,10-13H,1,3-4,9,14H2;1-2H3. The van der Waals surface area contributed by atoms with Crippen molar-refractivity contribution in [1.82, 2.24) is 4.57 Å². The van der Waals surface area contributed by atoms with Crippen LogP contribution in [0, 0.1) is 0 Å². The molecule has 0 saturated carbocycles. The molecule has 0 radical (unpaired) electrons. The van der Waals surface area contributed by atoms with Gasteiger partial charge >= 0.3 is 0 Å². The molecular formula is C20H25N. The second-order valence-electron chi connectivity index (χ2n) is 4.97. The molecule has 0 aliphatic rings. The summed E-state index contributed by atoms with van der Waals surface area (Å²) in [7, 11) is 0. The number of unbranched alkanes of at least 4 members (excludes halogenated alkanes) is 2. The van der Waals surface area contributed by atoms with Crippen LogP contribution in [0.2, 0.25) is 0 Å². The van der Waals surface area contributed by atoms with E-state index in [1.165, 1.54) is 34.6 Å². The van der Waals surface area contributed by atoms with Gasteiger partial charge in [-0.3, -0.25) is 0 Å². The van der Waals surface area contributed by atoms with Crippen molar-refractivity contribution in [3.05, 3.63) is 61.2 Å². The lowest BCUT2D eigenvalue weighted by atomic mass is 10.2. The lowest BCUT2D eigenvalue weighted by Crippen LogP contribution is -1.97. The fourth-order valence-electron chi connectivity index (χ4n) is 2.80. The Bertz CT molecular complexity index is 653. The van der Waals surface area contributed by atoms with Gasteiger partial charge in [-0.25, -0.2) is 0 Å². The zero-order valence-electron chi connectivity index (χ0n) is 13.2. The first-order valence-electron chi connectivity index (χ1n) is 7.98. The maximum atomic E-state index is 3.79. The van der Waals surface area contributed by atoms with Crippen molar-refractivity contribution in [3.8, 4) is 0 Å². The van der Waals surface area contributed by atoms with E-state index in [9.17, 15) is 0 Å². The molecule has 0 saturated heterocycles. The summed E-state index contributed by atoms with van der Waals surface area (Å²) in [5.41, 5.74) is 2.70. The summed E-state index contributed by atoms with van der Waals surface area (Å²) in [5.74, 6) is 0. The predicted octanol–water partition coefficient (Wildman–Crippen LogP) is 6.18. The third-order valence-corrected chi connectivity index (χ3v) is 3.72. The van der Waals surface area contributed by atoms with Gasteiger partial charge in [-0.15, -0.1) is 6.58 Å². The average molecular weight is 279 g/mol. The topological polar surface area (TPSA) is 4.93 Å². The van der Waals surface area contributed by atoms with Crippen molar-refractivity contribution in [2.45, 2.75) is 39.7 Å². The highest BCUT2D eigenvalue weighted by molar-refractivity contribution is 6.07. The molecule has 3 aromatic rings. The van der Waals surface area contributed by atoms with Crippen LogP contribution in [0.5, 0.6) is 0 Å². The minimum absolute atomic E-state index is 1.09. The lowest BCUT2D eigenvalue weighted by molar-refractivity contribution is 0.642.